The molecule has 0 bridgehead atoms. The fourth-order valence-electron chi connectivity index (χ4n) is 8.01. The van der Waals surface area contributed by atoms with E-state index in [1.54, 1.807) is 0 Å². The van der Waals surface area contributed by atoms with Gasteiger partial charge in [0.2, 0.25) is 0 Å². The molecular formula is C50H33N. The van der Waals surface area contributed by atoms with E-state index in [1.807, 2.05) is 0 Å². The average molecular weight is 648 g/mol. The molecule has 0 aliphatic carbocycles. The van der Waals surface area contributed by atoms with Crippen LogP contribution in [0.3, 0.4) is 0 Å². The quantitative estimate of drug-likeness (QED) is 0.168. The van der Waals surface area contributed by atoms with Crippen LogP contribution in [0.2, 0.25) is 0 Å². The molecule has 0 saturated carbocycles. The predicted molar refractivity (Wildman–Crippen MR) is 220 cm³/mol. The first-order valence-corrected chi connectivity index (χ1v) is 17.6. The molecule has 0 spiro atoms. The van der Waals surface area contributed by atoms with Crippen LogP contribution in [0.25, 0.3) is 76.1 Å². The second-order valence-electron chi connectivity index (χ2n) is 13.3. The number of fused-ring (bicyclic) bond motifs is 8. The van der Waals surface area contributed by atoms with Gasteiger partial charge in [0.15, 0.2) is 0 Å². The Kier molecular flexibility index (Phi) is 6.89. The Labute approximate surface area is 297 Å². The molecule has 0 fully saturated rings. The van der Waals surface area contributed by atoms with Crippen molar-refractivity contribution >= 4 is 70.9 Å². The van der Waals surface area contributed by atoms with Crippen molar-refractivity contribution in [2.75, 3.05) is 4.90 Å². The number of para-hydroxylation sites is 1. The van der Waals surface area contributed by atoms with E-state index in [2.05, 4.69) is 205 Å². The van der Waals surface area contributed by atoms with Crippen molar-refractivity contribution in [2.45, 2.75) is 0 Å². The standard InChI is InChI=1S/C50H33N/c1-2-12-35(13-3-1)45-20-8-9-23-48(45)51(41-18-10-17-40(32-41)44-22-11-16-34-14-4-6-19-43(34)44)42-31-30-37-25-27-39-29-28-38-26-24-36-15-5-7-21-46(36)49(38)50(39)47(37)33-42/h1-33H. The number of benzene rings is 10. The summed E-state index contributed by atoms with van der Waals surface area (Å²) >= 11 is 0. The van der Waals surface area contributed by atoms with E-state index in [9.17, 15) is 0 Å². The van der Waals surface area contributed by atoms with Gasteiger partial charge in [-0.1, -0.05) is 170 Å². The van der Waals surface area contributed by atoms with Gasteiger partial charge in [-0.3, -0.25) is 0 Å². The number of hydrogen-bond donors (Lipinski definition) is 0. The van der Waals surface area contributed by atoms with Crippen molar-refractivity contribution in [3.05, 3.63) is 200 Å². The van der Waals surface area contributed by atoms with Gasteiger partial charge in [0.1, 0.15) is 0 Å². The Hall–Kier alpha value is -6.70. The van der Waals surface area contributed by atoms with Gasteiger partial charge in [-0.25, -0.2) is 0 Å². The Morgan fingerprint density at radius 3 is 1.59 bits per heavy atom. The van der Waals surface area contributed by atoms with Crippen molar-refractivity contribution in [1.82, 2.24) is 0 Å². The van der Waals surface area contributed by atoms with Gasteiger partial charge >= 0.3 is 0 Å². The predicted octanol–water partition coefficient (Wildman–Crippen LogP) is 14.3. The maximum Gasteiger partial charge on any atom is 0.0540 e. The maximum absolute atomic E-state index is 2.44. The van der Waals surface area contributed by atoms with Crippen LogP contribution in [0, 0.1) is 0 Å². The minimum Gasteiger partial charge on any atom is -0.310 e. The highest BCUT2D eigenvalue weighted by molar-refractivity contribution is 6.27. The van der Waals surface area contributed by atoms with Gasteiger partial charge in [-0.05, 0) is 101 Å². The number of nitrogens with zero attached hydrogens (tertiary/aromatic N) is 1. The first-order valence-electron chi connectivity index (χ1n) is 17.6. The van der Waals surface area contributed by atoms with Crippen molar-refractivity contribution in [2.24, 2.45) is 0 Å². The number of anilines is 3. The zero-order valence-corrected chi connectivity index (χ0v) is 28.0. The molecule has 0 N–H and O–H groups in total. The van der Waals surface area contributed by atoms with Crippen LogP contribution >= 0.6 is 0 Å². The molecule has 10 rings (SSSR count). The third-order valence-electron chi connectivity index (χ3n) is 10.4. The summed E-state index contributed by atoms with van der Waals surface area (Å²) in [5.74, 6) is 0. The largest absolute Gasteiger partial charge is 0.310 e. The molecule has 51 heavy (non-hydrogen) atoms. The van der Waals surface area contributed by atoms with Crippen LogP contribution < -0.4 is 4.90 Å². The topological polar surface area (TPSA) is 3.24 Å². The van der Waals surface area contributed by atoms with Crippen molar-refractivity contribution in [1.29, 1.82) is 0 Å². The smallest absolute Gasteiger partial charge is 0.0540 e. The van der Waals surface area contributed by atoms with Gasteiger partial charge in [-0.15, -0.1) is 0 Å². The van der Waals surface area contributed by atoms with Gasteiger partial charge in [0.05, 0.1) is 5.69 Å². The fourth-order valence-corrected chi connectivity index (χ4v) is 8.01. The molecule has 238 valence electrons. The molecule has 1 nitrogen and oxygen atoms in total. The second kappa shape index (κ2) is 12.0. The Morgan fingerprint density at radius 2 is 0.784 bits per heavy atom. The zero-order valence-electron chi connectivity index (χ0n) is 28.0. The van der Waals surface area contributed by atoms with Crippen molar-refractivity contribution in [3.8, 4) is 22.3 Å². The summed E-state index contributed by atoms with van der Waals surface area (Å²) in [6.07, 6.45) is 0. The molecule has 0 aliphatic heterocycles. The van der Waals surface area contributed by atoms with Gasteiger partial charge in [0.25, 0.3) is 0 Å². The molecule has 0 amide bonds. The van der Waals surface area contributed by atoms with Gasteiger partial charge in [0, 0.05) is 16.9 Å². The molecular weight excluding hydrogens is 615 g/mol. The van der Waals surface area contributed by atoms with Gasteiger partial charge < -0.3 is 4.90 Å². The van der Waals surface area contributed by atoms with E-state index in [4.69, 9.17) is 0 Å². The van der Waals surface area contributed by atoms with Crippen LogP contribution in [0.15, 0.2) is 200 Å². The lowest BCUT2D eigenvalue weighted by Crippen LogP contribution is -2.11. The van der Waals surface area contributed by atoms with Crippen LogP contribution in [0.5, 0.6) is 0 Å². The Balaban J connectivity index is 1.26. The summed E-state index contributed by atoms with van der Waals surface area (Å²) in [6, 6.07) is 73.1. The molecule has 0 unspecified atom stereocenters. The second-order valence-corrected chi connectivity index (χ2v) is 13.3. The molecule has 0 aromatic heterocycles. The van der Waals surface area contributed by atoms with E-state index in [-0.39, 0.29) is 0 Å². The molecule has 0 heterocycles. The minimum atomic E-state index is 1.11. The highest BCUT2D eigenvalue weighted by Gasteiger charge is 2.19. The van der Waals surface area contributed by atoms with E-state index in [1.165, 1.54) is 76.1 Å². The molecule has 10 aromatic rings. The first kappa shape index (κ1) is 29.2. The van der Waals surface area contributed by atoms with E-state index in [0.717, 1.165) is 17.1 Å². The molecule has 0 saturated heterocycles. The summed E-state index contributed by atoms with van der Waals surface area (Å²) < 4.78 is 0. The third-order valence-corrected chi connectivity index (χ3v) is 10.4. The zero-order chi connectivity index (χ0) is 33.7. The van der Waals surface area contributed by atoms with Crippen molar-refractivity contribution in [3.63, 3.8) is 0 Å². The molecule has 0 atom stereocenters. The summed E-state index contributed by atoms with van der Waals surface area (Å²) in [6.45, 7) is 0. The lowest BCUT2D eigenvalue weighted by molar-refractivity contribution is 1.29. The SMILES string of the molecule is c1ccc(-c2ccccc2N(c2cccc(-c3cccc4ccccc34)c2)c2ccc3ccc4ccc5ccc6ccccc6c5c4c3c2)cc1. The van der Waals surface area contributed by atoms with Crippen molar-refractivity contribution < 1.29 is 0 Å². The molecule has 10 aromatic carbocycles. The summed E-state index contributed by atoms with van der Waals surface area (Å²) in [5.41, 5.74) is 8.15. The maximum atomic E-state index is 2.44. The van der Waals surface area contributed by atoms with E-state index >= 15 is 0 Å². The Morgan fingerprint density at radius 1 is 0.275 bits per heavy atom. The van der Waals surface area contributed by atoms with E-state index in [0.29, 0.717) is 0 Å². The number of hydrogen-bond acceptors (Lipinski definition) is 1. The first-order chi connectivity index (χ1) is 25.3. The highest BCUT2D eigenvalue weighted by atomic mass is 15.1. The lowest BCUT2D eigenvalue weighted by atomic mass is 9.92. The third kappa shape index (κ3) is 4.94. The number of rotatable bonds is 5. The van der Waals surface area contributed by atoms with Crippen LogP contribution in [0.4, 0.5) is 17.1 Å². The molecule has 0 radical (unpaired) electrons. The summed E-state index contributed by atoms with van der Waals surface area (Å²) in [7, 11) is 0. The minimum absolute atomic E-state index is 1.11. The van der Waals surface area contributed by atoms with E-state index < -0.39 is 0 Å². The van der Waals surface area contributed by atoms with Crippen LogP contribution in [-0.4, -0.2) is 0 Å². The summed E-state index contributed by atoms with van der Waals surface area (Å²) in [5, 5.41) is 12.6. The molecule has 0 aliphatic rings. The molecule has 1 heteroatoms. The monoisotopic (exact) mass is 647 g/mol. The lowest BCUT2D eigenvalue weighted by Gasteiger charge is -2.29. The van der Waals surface area contributed by atoms with Crippen LogP contribution in [0.1, 0.15) is 0 Å². The fraction of sp³-hybridized carbons (Fsp3) is 0. The summed E-state index contributed by atoms with van der Waals surface area (Å²) in [4.78, 5) is 2.44. The van der Waals surface area contributed by atoms with Crippen LogP contribution in [-0.2, 0) is 0 Å². The van der Waals surface area contributed by atoms with Gasteiger partial charge in [-0.2, -0.15) is 0 Å². The Bertz CT molecular complexity index is 2910. The normalized spacial score (nSPS) is 11.5. The highest BCUT2D eigenvalue weighted by Crippen LogP contribution is 2.44. The average Bonchev–Trinajstić information content (AvgIpc) is 3.21.